The Balaban J connectivity index is 3.71. The fourth-order valence-electron chi connectivity index (χ4n) is 1.71. The van der Waals surface area contributed by atoms with Crippen molar-refractivity contribution < 1.29 is 5.11 Å². The largest absolute Gasteiger partial charge is 0.392 e. The van der Waals surface area contributed by atoms with E-state index in [1.54, 1.807) is 0 Å². The third kappa shape index (κ3) is 6.09. The summed E-state index contributed by atoms with van der Waals surface area (Å²) in [6, 6.07) is 2.27. The Kier molecular flexibility index (Phi) is 7.36. The number of nitrogens with zero attached hydrogens (tertiary/aromatic N) is 1. The smallest absolute Gasteiger partial charge is 0.0692 e. The van der Waals surface area contributed by atoms with Gasteiger partial charge in [0.25, 0.3) is 0 Å². The van der Waals surface area contributed by atoms with E-state index in [-0.39, 0.29) is 11.5 Å². The van der Waals surface area contributed by atoms with Gasteiger partial charge in [-0.05, 0) is 32.7 Å². The van der Waals surface area contributed by atoms with Crippen LogP contribution < -0.4 is 5.32 Å². The molecule has 0 aromatic heterocycles. The van der Waals surface area contributed by atoms with Crippen molar-refractivity contribution in [3.8, 4) is 6.07 Å². The number of rotatable bonds is 8. The van der Waals surface area contributed by atoms with E-state index < -0.39 is 0 Å². The maximum atomic E-state index is 9.87. The van der Waals surface area contributed by atoms with Gasteiger partial charge < -0.3 is 10.4 Å². The van der Waals surface area contributed by atoms with Crippen molar-refractivity contribution >= 4 is 0 Å². The number of nitriles is 1. The summed E-state index contributed by atoms with van der Waals surface area (Å²) in [6.07, 6.45) is 2.59. The molecule has 0 aromatic rings. The first-order chi connectivity index (χ1) is 7.46. The molecule has 2 N–H and O–H groups in total. The Morgan fingerprint density at radius 2 is 1.88 bits per heavy atom. The molecule has 1 unspecified atom stereocenters. The summed E-state index contributed by atoms with van der Waals surface area (Å²) in [5.74, 6) is 0.386. The molecule has 3 heteroatoms. The second kappa shape index (κ2) is 7.65. The normalized spacial score (nSPS) is 13.8. The van der Waals surface area contributed by atoms with Crippen molar-refractivity contribution in [2.75, 3.05) is 13.1 Å². The van der Waals surface area contributed by atoms with E-state index in [1.807, 2.05) is 13.8 Å². The zero-order chi connectivity index (χ0) is 12.6. The Morgan fingerprint density at radius 1 is 1.31 bits per heavy atom. The summed E-state index contributed by atoms with van der Waals surface area (Å²) in [4.78, 5) is 0. The number of hydrogen-bond donors (Lipinski definition) is 2. The van der Waals surface area contributed by atoms with E-state index in [9.17, 15) is 5.11 Å². The van der Waals surface area contributed by atoms with Crippen LogP contribution in [0.25, 0.3) is 0 Å². The molecule has 0 saturated carbocycles. The van der Waals surface area contributed by atoms with Crippen LogP contribution in [0.1, 0.15) is 47.0 Å². The quantitative estimate of drug-likeness (QED) is 0.624. The highest BCUT2D eigenvalue weighted by atomic mass is 16.3. The first-order valence-corrected chi connectivity index (χ1v) is 6.26. The molecular formula is C13H26N2O. The van der Waals surface area contributed by atoms with Crippen molar-refractivity contribution in [1.82, 2.24) is 5.32 Å². The van der Waals surface area contributed by atoms with E-state index in [0.29, 0.717) is 12.5 Å². The average Bonchev–Trinajstić information content (AvgIpc) is 2.26. The summed E-state index contributed by atoms with van der Waals surface area (Å²) in [5.41, 5.74) is -0.271. The number of nitrogens with one attached hydrogen (secondary N) is 1. The predicted molar refractivity (Wildman–Crippen MR) is 67.0 cm³/mol. The molecule has 1 atom stereocenters. The second-order valence-electron chi connectivity index (χ2n) is 5.09. The fraction of sp³-hybridized carbons (Fsp3) is 0.923. The van der Waals surface area contributed by atoms with Gasteiger partial charge in [0.05, 0.1) is 17.6 Å². The van der Waals surface area contributed by atoms with Crippen LogP contribution in [-0.2, 0) is 0 Å². The van der Waals surface area contributed by atoms with E-state index in [1.165, 1.54) is 0 Å². The second-order valence-corrected chi connectivity index (χ2v) is 5.09. The van der Waals surface area contributed by atoms with Gasteiger partial charge in [0.2, 0.25) is 0 Å². The Bertz CT molecular complexity index is 216. The lowest BCUT2D eigenvalue weighted by Crippen LogP contribution is -2.34. The summed E-state index contributed by atoms with van der Waals surface area (Å²) in [5, 5.41) is 21.9. The van der Waals surface area contributed by atoms with Gasteiger partial charge in [-0.2, -0.15) is 5.26 Å². The predicted octanol–water partition coefficient (Wildman–Crippen LogP) is 2.31. The van der Waals surface area contributed by atoms with E-state index in [0.717, 1.165) is 25.8 Å². The zero-order valence-corrected chi connectivity index (χ0v) is 11.1. The minimum atomic E-state index is -0.271. The van der Waals surface area contributed by atoms with Gasteiger partial charge >= 0.3 is 0 Å². The summed E-state index contributed by atoms with van der Waals surface area (Å²) in [7, 11) is 0. The standard InChI is InChI=1S/C13H26N2O/c1-5-11(6-2)12(16)9-15-8-7-13(3,4)10-14/h11-12,15-16H,5-9H2,1-4H3. The minimum Gasteiger partial charge on any atom is -0.392 e. The molecule has 0 aliphatic heterocycles. The van der Waals surface area contributed by atoms with Crippen LogP contribution in [-0.4, -0.2) is 24.3 Å². The van der Waals surface area contributed by atoms with Crippen molar-refractivity contribution in [3.05, 3.63) is 0 Å². The van der Waals surface area contributed by atoms with Gasteiger partial charge in [0.15, 0.2) is 0 Å². The maximum absolute atomic E-state index is 9.87. The molecule has 0 aliphatic carbocycles. The molecule has 0 rings (SSSR count). The fourth-order valence-corrected chi connectivity index (χ4v) is 1.71. The molecule has 0 saturated heterocycles. The van der Waals surface area contributed by atoms with Crippen molar-refractivity contribution in [2.45, 2.75) is 53.1 Å². The minimum absolute atomic E-state index is 0.264. The lowest BCUT2D eigenvalue weighted by atomic mass is 9.91. The number of aliphatic hydroxyl groups is 1. The molecule has 94 valence electrons. The maximum Gasteiger partial charge on any atom is 0.0692 e. The van der Waals surface area contributed by atoms with E-state index >= 15 is 0 Å². The van der Waals surface area contributed by atoms with Gasteiger partial charge in [-0.25, -0.2) is 0 Å². The lowest BCUT2D eigenvalue weighted by Gasteiger charge is -2.21. The Labute approximate surface area is 99.9 Å². The van der Waals surface area contributed by atoms with Gasteiger partial charge in [0.1, 0.15) is 0 Å². The molecule has 0 amide bonds. The molecule has 0 fully saturated rings. The van der Waals surface area contributed by atoms with Crippen LogP contribution in [0, 0.1) is 22.7 Å². The molecule has 0 aromatic carbocycles. The van der Waals surface area contributed by atoms with Crippen LogP contribution in [0.15, 0.2) is 0 Å². The third-order valence-electron chi connectivity index (χ3n) is 3.18. The van der Waals surface area contributed by atoms with Crippen LogP contribution >= 0.6 is 0 Å². The van der Waals surface area contributed by atoms with Gasteiger partial charge in [0, 0.05) is 6.54 Å². The van der Waals surface area contributed by atoms with Crippen molar-refractivity contribution in [3.63, 3.8) is 0 Å². The molecule has 3 nitrogen and oxygen atoms in total. The SMILES string of the molecule is CCC(CC)C(O)CNCCC(C)(C)C#N. The van der Waals surface area contributed by atoms with E-state index in [2.05, 4.69) is 25.2 Å². The highest BCUT2D eigenvalue weighted by molar-refractivity contribution is 4.91. The molecular weight excluding hydrogens is 200 g/mol. The van der Waals surface area contributed by atoms with Crippen LogP contribution in [0.3, 0.4) is 0 Å². The van der Waals surface area contributed by atoms with E-state index in [4.69, 9.17) is 5.26 Å². The van der Waals surface area contributed by atoms with Gasteiger partial charge in [-0.15, -0.1) is 0 Å². The van der Waals surface area contributed by atoms with Crippen LogP contribution in [0.5, 0.6) is 0 Å². The van der Waals surface area contributed by atoms with Crippen molar-refractivity contribution in [2.24, 2.45) is 11.3 Å². The third-order valence-corrected chi connectivity index (χ3v) is 3.18. The molecule has 0 heterocycles. The van der Waals surface area contributed by atoms with Crippen molar-refractivity contribution in [1.29, 1.82) is 5.26 Å². The van der Waals surface area contributed by atoms with Crippen LogP contribution in [0.2, 0.25) is 0 Å². The highest BCUT2D eigenvalue weighted by Crippen LogP contribution is 2.17. The lowest BCUT2D eigenvalue weighted by molar-refractivity contribution is 0.101. The molecule has 0 spiro atoms. The Morgan fingerprint density at radius 3 is 2.31 bits per heavy atom. The zero-order valence-electron chi connectivity index (χ0n) is 11.1. The number of hydrogen-bond acceptors (Lipinski definition) is 3. The molecule has 0 bridgehead atoms. The summed E-state index contributed by atoms with van der Waals surface area (Å²) < 4.78 is 0. The molecule has 0 aliphatic rings. The van der Waals surface area contributed by atoms with Crippen LogP contribution in [0.4, 0.5) is 0 Å². The average molecular weight is 226 g/mol. The topological polar surface area (TPSA) is 56.0 Å². The first-order valence-electron chi connectivity index (χ1n) is 6.26. The number of aliphatic hydroxyl groups excluding tert-OH is 1. The first kappa shape index (κ1) is 15.4. The summed E-state index contributed by atoms with van der Waals surface area (Å²) >= 11 is 0. The van der Waals surface area contributed by atoms with Gasteiger partial charge in [-0.1, -0.05) is 26.7 Å². The molecule has 16 heavy (non-hydrogen) atoms. The highest BCUT2D eigenvalue weighted by Gasteiger charge is 2.17. The van der Waals surface area contributed by atoms with Gasteiger partial charge in [-0.3, -0.25) is 0 Å². The monoisotopic (exact) mass is 226 g/mol. The summed E-state index contributed by atoms with van der Waals surface area (Å²) in [6.45, 7) is 9.51. The Hall–Kier alpha value is -0.590. The molecule has 0 radical (unpaired) electrons.